The van der Waals surface area contributed by atoms with Crippen LogP contribution < -0.4 is 9.64 Å². The molecule has 7 nitrogen and oxygen atoms in total. The SMILES string of the molecule is O=C(c1ccc2c(c1)N(c1ncc(-c3cc(OC(F)(F)F)ccc3F)cn1)CC21CC1)N1CCOCC1. The highest BCUT2D eigenvalue weighted by Crippen LogP contribution is 2.57. The van der Waals surface area contributed by atoms with Crippen molar-refractivity contribution in [2.75, 3.05) is 37.7 Å². The molecule has 0 atom stereocenters. The standard InChI is InChI=1S/C26H22F4N4O3/c27-21-4-2-18(37-26(28,29)30)12-19(21)17-13-31-24(32-14-17)34-15-25(5-6-25)20-3-1-16(11-22(20)34)23(35)33-7-9-36-10-8-33/h1-4,11-14H,5-10,15H2. The van der Waals surface area contributed by atoms with Crippen LogP contribution in [0.2, 0.25) is 0 Å². The van der Waals surface area contributed by atoms with Crippen LogP contribution in [-0.4, -0.2) is 60.0 Å². The summed E-state index contributed by atoms with van der Waals surface area (Å²) in [6.07, 6.45) is -0.110. The monoisotopic (exact) mass is 514 g/mol. The number of alkyl halides is 3. The van der Waals surface area contributed by atoms with Gasteiger partial charge in [0.1, 0.15) is 11.6 Å². The van der Waals surface area contributed by atoms with Gasteiger partial charge in [-0.05, 0) is 48.7 Å². The smallest absolute Gasteiger partial charge is 0.406 e. The van der Waals surface area contributed by atoms with E-state index in [2.05, 4.69) is 14.7 Å². The Balaban J connectivity index is 1.29. The number of aromatic nitrogens is 2. The molecule has 1 saturated heterocycles. The summed E-state index contributed by atoms with van der Waals surface area (Å²) in [4.78, 5) is 25.6. The van der Waals surface area contributed by atoms with Gasteiger partial charge in [-0.15, -0.1) is 13.2 Å². The molecule has 0 bridgehead atoms. The molecule has 1 spiro atoms. The minimum absolute atomic E-state index is 0.00667. The van der Waals surface area contributed by atoms with E-state index in [1.807, 2.05) is 23.1 Å². The number of hydrogen-bond acceptors (Lipinski definition) is 6. The maximum atomic E-state index is 14.4. The van der Waals surface area contributed by atoms with Gasteiger partial charge >= 0.3 is 6.36 Å². The summed E-state index contributed by atoms with van der Waals surface area (Å²) >= 11 is 0. The zero-order chi connectivity index (χ0) is 25.8. The first-order valence-corrected chi connectivity index (χ1v) is 11.9. The molecule has 2 aliphatic heterocycles. The Hall–Kier alpha value is -3.73. The van der Waals surface area contributed by atoms with Crippen molar-refractivity contribution >= 4 is 17.5 Å². The minimum atomic E-state index is -4.89. The number of rotatable bonds is 4. The van der Waals surface area contributed by atoms with E-state index in [1.54, 1.807) is 4.90 Å². The molecule has 1 aliphatic carbocycles. The quantitative estimate of drug-likeness (QED) is 0.465. The van der Waals surface area contributed by atoms with Gasteiger partial charge in [0.05, 0.1) is 13.2 Å². The summed E-state index contributed by atoms with van der Waals surface area (Å²) in [7, 11) is 0. The first-order chi connectivity index (χ1) is 17.7. The van der Waals surface area contributed by atoms with E-state index in [4.69, 9.17) is 4.74 Å². The van der Waals surface area contributed by atoms with Gasteiger partial charge in [0.2, 0.25) is 5.95 Å². The van der Waals surface area contributed by atoms with Crippen LogP contribution in [0.5, 0.6) is 5.75 Å². The zero-order valence-corrected chi connectivity index (χ0v) is 19.6. The number of ether oxygens (including phenoxy) is 2. The molecule has 2 fully saturated rings. The molecule has 6 rings (SSSR count). The number of anilines is 2. The van der Waals surface area contributed by atoms with Crippen molar-refractivity contribution in [3.8, 4) is 16.9 Å². The fourth-order valence-corrected chi connectivity index (χ4v) is 5.04. The molecule has 0 N–H and O–H groups in total. The Morgan fingerprint density at radius 2 is 1.76 bits per heavy atom. The topological polar surface area (TPSA) is 67.8 Å². The minimum Gasteiger partial charge on any atom is -0.406 e. The van der Waals surface area contributed by atoms with Crippen molar-refractivity contribution in [3.63, 3.8) is 0 Å². The number of morpholine rings is 1. The number of nitrogens with zero attached hydrogens (tertiary/aromatic N) is 4. The average molecular weight is 514 g/mol. The highest BCUT2D eigenvalue weighted by Gasteiger charge is 2.52. The number of halogens is 4. The Bertz CT molecular complexity index is 1350. The Morgan fingerprint density at radius 3 is 2.43 bits per heavy atom. The van der Waals surface area contributed by atoms with Gasteiger partial charge in [0.15, 0.2) is 0 Å². The summed E-state index contributed by atoms with van der Waals surface area (Å²) in [5, 5.41) is 0. The first-order valence-electron chi connectivity index (χ1n) is 11.9. The fourth-order valence-electron chi connectivity index (χ4n) is 5.04. The lowest BCUT2D eigenvalue weighted by Gasteiger charge is -2.27. The largest absolute Gasteiger partial charge is 0.573 e. The summed E-state index contributed by atoms with van der Waals surface area (Å²) in [5.74, 6) is -0.946. The molecule has 0 unspecified atom stereocenters. The Labute approximate surface area is 209 Å². The van der Waals surface area contributed by atoms with Gasteiger partial charge in [-0.1, -0.05) is 6.07 Å². The van der Waals surface area contributed by atoms with Crippen LogP contribution in [0, 0.1) is 5.82 Å². The molecule has 192 valence electrons. The highest BCUT2D eigenvalue weighted by atomic mass is 19.4. The highest BCUT2D eigenvalue weighted by molar-refractivity contribution is 5.96. The Morgan fingerprint density at radius 1 is 1.03 bits per heavy atom. The number of hydrogen-bond donors (Lipinski definition) is 0. The number of amides is 1. The molecule has 3 aliphatic rings. The molecule has 11 heteroatoms. The maximum Gasteiger partial charge on any atom is 0.573 e. The second-order valence-electron chi connectivity index (χ2n) is 9.46. The second kappa shape index (κ2) is 8.69. The molecular weight excluding hydrogens is 492 g/mol. The van der Waals surface area contributed by atoms with E-state index in [1.165, 1.54) is 12.4 Å². The van der Waals surface area contributed by atoms with Gasteiger partial charge in [-0.3, -0.25) is 4.79 Å². The Kier molecular flexibility index (Phi) is 5.55. The maximum absolute atomic E-state index is 14.4. The fraction of sp³-hybridized carbons (Fsp3) is 0.346. The lowest BCUT2D eigenvalue weighted by atomic mass is 9.97. The predicted octanol–water partition coefficient (Wildman–Crippen LogP) is 4.84. The number of benzene rings is 2. The molecule has 3 heterocycles. The summed E-state index contributed by atoms with van der Waals surface area (Å²) in [6, 6.07) is 8.53. The molecule has 3 aromatic rings. The lowest BCUT2D eigenvalue weighted by Crippen LogP contribution is -2.40. The van der Waals surface area contributed by atoms with Gasteiger partial charge < -0.3 is 19.3 Å². The van der Waals surface area contributed by atoms with Crippen LogP contribution >= 0.6 is 0 Å². The van der Waals surface area contributed by atoms with Gasteiger partial charge in [-0.2, -0.15) is 0 Å². The first kappa shape index (κ1) is 23.7. The molecule has 2 aromatic carbocycles. The van der Waals surface area contributed by atoms with Crippen LogP contribution in [-0.2, 0) is 10.2 Å². The van der Waals surface area contributed by atoms with E-state index in [9.17, 15) is 22.4 Å². The van der Waals surface area contributed by atoms with Crippen LogP contribution in [0.25, 0.3) is 11.1 Å². The molecule has 37 heavy (non-hydrogen) atoms. The molecule has 1 saturated carbocycles. The van der Waals surface area contributed by atoms with Crippen LogP contribution in [0.3, 0.4) is 0 Å². The van der Waals surface area contributed by atoms with Gasteiger partial charge in [0.25, 0.3) is 5.91 Å². The summed E-state index contributed by atoms with van der Waals surface area (Å²) in [5.41, 5.74) is 2.67. The lowest BCUT2D eigenvalue weighted by molar-refractivity contribution is -0.274. The van der Waals surface area contributed by atoms with Crippen LogP contribution in [0.1, 0.15) is 28.8 Å². The molecule has 1 aromatic heterocycles. The van der Waals surface area contributed by atoms with Crippen molar-refractivity contribution in [1.82, 2.24) is 14.9 Å². The van der Waals surface area contributed by atoms with E-state index < -0.39 is 17.9 Å². The van der Waals surface area contributed by atoms with Crippen molar-refractivity contribution in [1.29, 1.82) is 0 Å². The number of fused-ring (bicyclic) bond motifs is 2. The average Bonchev–Trinajstić information content (AvgIpc) is 3.60. The van der Waals surface area contributed by atoms with Crippen LogP contribution in [0.4, 0.5) is 29.2 Å². The zero-order valence-electron chi connectivity index (χ0n) is 19.6. The molecule has 1 amide bonds. The number of carbonyl (C=O) groups is 1. The third-order valence-corrected chi connectivity index (χ3v) is 7.08. The van der Waals surface area contributed by atoms with Gasteiger partial charge in [-0.25, -0.2) is 14.4 Å². The third kappa shape index (κ3) is 4.48. The third-order valence-electron chi connectivity index (χ3n) is 7.08. The normalized spacial score (nSPS) is 18.2. The predicted molar refractivity (Wildman–Crippen MR) is 125 cm³/mol. The molecule has 0 radical (unpaired) electrons. The van der Waals surface area contributed by atoms with Crippen molar-refractivity contribution in [2.24, 2.45) is 0 Å². The second-order valence-corrected chi connectivity index (χ2v) is 9.46. The van der Waals surface area contributed by atoms with E-state index in [0.29, 0.717) is 44.4 Å². The van der Waals surface area contributed by atoms with E-state index >= 15 is 0 Å². The number of carbonyl (C=O) groups excluding carboxylic acids is 1. The van der Waals surface area contributed by atoms with Crippen molar-refractivity contribution < 1.29 is 31.8 Å². The van der Waals surface area contributed by atoms with Crippen molar-refractivity contribution in [2.45, 2.75) is 24.6 Å². The van der Waals surface area contributed by atoms with E-state index in [0.717, 1.165) is 42.3 Å². The van der Waals surface area contributed by atoms with E-state index in [-0.39, 0.29) is 22.4 Å². The van der Waals surface area contributed by atoms with Gasteiger partial charge in [0, 0.05) is 59.8 Å². The van der Waals surface area contributed by atoms with Crippen LogP contribution in [0.15, 0.2) is 48.8 Å². The summed E-state index contributed by atoms with van der Waals surface area (Å²) in [6.45, 7) is 2.76. The van der Waals surface area contributed by atoms with Crippen molar-refractivity contribution in [3.05, 3.63) is 65.7 Å². The summed E-state index contributed by atoms with van der Waals surface area (Å²) < 4.78 is 61.5. The molecular formula is C26H22F4N4O3.